The van der Waals surface area contributed by atoms with Crippen molar-refractivity contribution in [2.45, 2.75) is 25.4 Å². The lowest BCUT2D eigenvalue weighted by Crippen LogP contribution is -2.42. The van der Waals surface area contributed by atoms with Crippen LogP contribution in [-0.4, -0.2) is 38.3 Å². The number of hydrogen-bond donors (Lipinski definition) is 1. The molecular formula is C19H25N3O2. The predicted molar refractivity (Wildman–Crippen MR) is 95.9 cm³/mol. The van der Waals surface area contributed by atoms with Crippen LogP contribution in [0, 0.1) is 0 Å². The second-order valence-corrected chi connectivity index (χ2v) is 5.99. The van der Waals surface area contributed by atoms with E-state index in [1.807, 2.05) is 30.3 Å². The largest absolute Gasteiger partial charge is 0.495 e. The van der Waals surface area contributed by atoms with Gasteiger partial charge in [-0.1, -0.05) is 18.2 Å². The number of methoxy groups -OCH3 is 2. The molecule has 0 spiro atoms. The Morgan fingerprint density at radius 1 is 1.04 bits per heavy atom. The van der Waals surface area contributed by atoms with Gasteiger partial charge in [0.15, 0.2) is 0 Å². The summed E-state index contributed by atoms with van der Waals surface area (Å²) in [5.74, 6) is 1.62. The van der Waals surface area contributed by atoms with E-state index in [0.717, 1.165) is 43.9 Å². The number of benzene rings is 1. The lowest BCUT2D eigenvalue weighted by molar-refractivity contribution is 0.387. The Morgan fingerprint density at radius 3 is 2.58 bits per heavy atom. The van der Waals surface area contributed by atoms with Crippen LogP contribution in [0.2, 0.25) is 0 Å². The van der Waals surface area contributed by atoms with Crippen LogP contribution >= 0.6 is 0 Å². The highest BCUT2D eigenvalue weighted by atomic mass is 16.5. The topological polar surface area (TPSA) is 46.6 Å². The van der Waals surface area contributed by atoms with Crippen molar-refractivity contribution in [1.29, 1.82) is 0 Å². The number of piperidine rings is 1. The van der Waals surface area contributed by atoms with Crippen molar-refractivity contribution < 1.29 is 9.47 Å². The number of anilines is 1. The molecule has 1 aliphatic heterocycles. The smallest absolute Gasteiger partial charge is 0.213 e. The van der Waals surface area contributed by atoms with Crippen LogP contribution in [0.5, 0.6) is 11.6 Å². The SMILES string of the molecule is COc1cccc(CNC2CCN(c3ccccc3OC)CC2)n1. The van der Waals surface area contributed by atoms with Crippen LogP contribution < -0.4 is 19.7 Å². The normalized spacial score (nSPS) is 15.3. The van der Waals surface area contributed by atoms with Gasteiger partial charge >= 0.3 is 0 Å². The minimum absolute atomic E-state index is 0.518. The summed E-state index contributed by atoms with van der Waals surface area (Å²) in [6, 6.07) is 14.6. The molecule has 2 aromatic rings. The first kappa shape index (κ1) is 16.6. The first-order valence-electron chi connectivity index (χ1n) is 8.41. The van der Waals surface area contributed by atoms with Gasteiger partial charge in [-0.25, -0.2) is 4.98 Å². The Morgan fingerprint density at radius 2 is 1.83 bits per heavy atom. The number of rotatable bonds is 6. The third-order valence-corrected chi connectivity index (χ3v) is 4.48. The van der Waals surface area contributed by atoms with E-state index in [1.54, 1.807) is 14.2 Å². The van der Waals surface area contributed by atoms with E-state index >= 15 is 0 Å². The van der Waals surface area contributed by atoms with E-state index in [4.69, 9.17) is 9.47 Å². The number of nitrogens with zero attached hydrogens (tertiary/aromatic N) is 2. The van der Waals surface area contributed by atoms with Gasteiger partial charge in [0, 0.05) is 31.7 Å². The number of pyridine rings is 1. The highest BCUT2D eigenvalue weighted by molar-refractivity contribution is 5.58. The van der Waals surface area contributed by atoms with Gasteiger partial charge in [0.25, 0.3) is 0 Å². The number of aromatic nitrogens is 1. The van der Waals surface area contributed by atoms with Gasteiger partial charge in [-0.3, -0.25) is 0 Å². The van der Waals surface area contributed by atoms with E-state index < -0.39 is 0 Å². The van der Waals surface area contributed by atoms with Gasteiger partial charge in [0.05, 0.1) is 25.6 Å². The summed E-state index contributed by atoms with van der Waals surface area (Å²) in [5.41, 5.74) is 2.20. The van der Waals surface area contributed by atoms with Crippen LogP contribution in [-0.2, 0) is 6.54 Å². The average molecular weight is 327 g/mol. The minimum Gasteiger partial charge on any atom is -0.495 e. The van der Waals surface area contributed by atoms with Crippen LogP contribution in [0.3, 0.4) is 0 Å². The fourth-order valence-electron chi connectivity index (χ4n) is 3.13. The molecule has 0 amide bonds. The van der Waals surface area contributed by atoms with Crippen LogP contribution in [0.4, 0.5) is 5.69 Å². The van der Waals surface area contributed by atoms with Crippen molar-refractivity contribution in [3.63, 3.8) is 0 Å². The molecule has 0 aliphatic carbocycles. The predicted octanol–water partition coefficient (Wildman–Crippen LogP) is 2.86. The minimum atomic E-state index is 0.518. The maximum absolute atomic E-state index is 5.48. The van der Waals surface area contributed by atoms with Gasteiger partial charge in [-0.05, 0) is 31.0 Å². The first-order valence-corrected chi connectivity index (χ1v) is 8.41. The fraction of sp³-hybridized carbons (Fsp3) is 0.421. The average Bonchev–Trinajstić information content (AvgIpc) is 2.67. The van der Waals surface area contributed by atoms with Crippen molar-refractivity contribution in [2.24, 2.45) is 0 Å². The Kier molecular flexibility index (Phi) is 5.54. The van der Waals surface area contributed by atoms with E-state index in [-0.39, 0.29) is 0 Å². The monoisotopic (exact) mass is 327 g/mol. The molecule has 128 valence electrons. The van der Waals surface area contributed by atoms with Crippen molar-refractivity contribution in [3.05, 3.63) is 48.2 Å². The zero-order valence-corrected chi connectivity index (χ0v) is 14.4. The third kappa shape index (κ3) is 3.97. The molecule has 5 heteroatoms. The van der Waals surface area contributed by atoms with E-state index in [0.29, 0.717) is 11.9 Å². The molecule has 1 fully saturated rings. The number of ether oxygens (including phenoxy) is 2. The Labute approximate surface area is 143 Å². The molecule has 1 aromatic heterocycles. The molecule has 1 aliphatic rings. The first-order chi connectivity index (χ1) is 11.8. The molecule has 5 nitrogen and oxygen atoms in total. The summed E-state index contributed by atoms with van der Waals surface area (Å²) in [6.45, 7) is 2.84. The summed E-state index contributed by atoms with van der Waals surface area (Å²) in [7, 11) is 3.38. The van der Waals surface area contributed by atoms with Crippen LogP contribution in [0.15, 0.2) is 42.5 Å². The third-order valence-electron chi connectivity index (χ3n) is 4.48. The lowest BCUT2D eigenvalue weighted by atomic mass is 10.0. The van der Waals surface area contributed by atoms with Crippen LogP contribution in [0.25, 0.3) is 0 Å². The van der Waals surface area contributed by atoms with Gasteiger partial charge in [-0.15, -0.1) is 0 Å². The number of nitrogens with one attached hydrogen (secondary N) is 1. The number of para-hydroxylation sites is 2. The molecule has 0 radical (unpaired) electrons. The molecule has 2 heterocycles. The fourth-order valence-corrected chi connectivity index (χ4v) is 3.13. The molecule has 0 bridgehead atoms. The van der Waals surface area contributed by atoms with Crippen molar-refractivity contribution in [1.82, 2.24) is 10.3 Å². The van der Waals surface area contributed by atoms with Gasteiger partial charge in [-0.2, -0.15) is 0 Å². The Balaban J connectivity index is 1.52. The van der Waals surface area contributed by atoms with Gasteiger partial charge < -0.3 is 19.7 Å². The summed E-state index contributed by atoms with van der Waals surface area (Å²) in [6.07, 6.45) is 2.23. The standard InChI is InChI=1S/C19H25N3O2/c1-23-18-8-4-3-7-17(18)22-12-10-15(11-13-22)20-14-16-6-5-9-19(21-16)24-2/h3-9,15,20H,10-14H2,1-2H3. The van der Waals surface area contributed by atoms with Gasteiger partial charge in [0.1, 0.15) is 5.75 Å². The summed E-state index contributed by atoms with van der Waals surface area (Å²) in [5, 5.41) is 3.61. The van der Waals surface area contributed by atoms with Crippen LogP contribution in [0.1, 0.15) is 18.5 Å². The van der Waals surface area contributed by atoms with Gasteiger partial charge in [0.2, 0.25) is 5.88 Å². The molecule has 1 aromatic carbocycles. The summed E-state index contributed by atoms with van der Waals surface area (Å²) < 4.78 is 10.6. The molecule has 1 N–H and O–H groups in total. The highest BCUT2D eigenvalue weighted by Gasteiger charge is 2.21. The molecule has 0 atom stereocenters. The second-order valence-electron chi connectivity index (χ2n) is 5.99. The van der Waals surface area contributed by atoms with E-state index in [9.17, 15) is 0 Å². The molecule has 0 unspecified atom stereocenters. The molecule has 0 saturated carbocycles. The molecule has 1 saturated heterocycles. The van der Waals surface area contributed by atoms with E-state index in [2.05, 4.69) is 27.3 Å². The highest BCUT2D eigenvalue weighted by Crippen LogP contribution is 2.29. The summed E-state index contributed by atoms with van der Waals surface area (Å²) in [4.78, 5) is 6.85. The quantitative estimate of drug-likeness (QED) is 0.884. The van der Waals surface area contributed by atoms with Crippen molar-refractivity contribution in [3.8, 4) is 11.6 Å². The van der Waals surface area contributed by atoms with E-state index in [1.165, 1.54) is 5.69 Å². The van der Waals surface area contributed by atoms with Crippen molar-refractivity contribution >= 4 is 5.69 Å². The summed E-state index contributed by atoms with van der Waals surface area (Å²) >= 11 is 0. The maximum atomic E-state index is 5.48. The molecule has 24 heavy (non-hydrogen) atoms. The molecular weight excluding hydrogens is 302 g/mol. The zero-order chi connectivity index (χ0) is 16.8. The second kappa shape index (κ2) is 8.02. The maximum Gasteiger partial charge on any atom is 0.213 e. The zero-order valence-electron chi connectivity index (χ0n) is 14.4. The van der Waals surface area contributed by atoms with Crippen molar-refractivity contribution in [2.75, 3.05) is 32.2 Å². The Hall–Kier alpha value is -2.27. The lowest BCUT2D eigenvalue weighted by Gasteiger charge is -2.34. The Bertz CT molecular complexity index is 655. The number of hydrogen-bond acceptors (Lipinski definition) is 5. The molecule has 3 rings (SSSR count).